The monoisotopic (exact) mass is 713 g/mol. The van der Waals surface area contributed by atoms with Crippen LogP contribution in [0.1, 0.15) is 22.3 Å². The average Bonchev–Trinajstić information content (AvgIpc) is 3.69. The molecule has 1 aliphatic carbocycles. The van der Waals surface area contributed by atoms with Crippen LogP contribution >= 0.6 is 15.9 Å². The average molecular weight is 715 g/mol. The zero-order valence-corrected chi connectivity index (χ0v) is 29.4. The van der Waals surface area contributed by atoms with Crippen molar-refractivity contribution >= 4 is 37.7 Å². The normalized spacial score (nSPS) is 13.0. The molecule has 0 radical (unpaired) electrons. The molecule has 10 rings (SSSR count). The van der Waals surface area contributed by atoms with E-state index in [1.165, 1.54) is 77.4 Å². The second-order valence-corrected chi connectivity index (χ2v) is 14.3. The third-order valence-corrected chi connectivity index (χ3v) is 11.4. The predicted molar refractivity (Wildman–Crippen MR) is 217 cm³/mol. The first kappa shape index (κ1) is 29.9. The molecule has 0 aliphatic heterocycles. The summed E-state index contributed by atoms with van der Waals surface area (Å²) in [4.78, 5) is 0. The minimum absolute atomic E-state index is 0.449. The van der Waals surface area contributed by atoms with Gasteiger partial charge in [0.25, 0.3) is 0 Å². The number of nitrogens with zero attached hydrogens (tertiary/aromatic N) is 1. The van der Waals surface area contributed by atoms with Gasteiger partial charge in [-0.1, -0.05) is 168 Å². The molecule has 0 saturated heterocycles. The van der Waals surface area contributed by atoms with E-state index in [0.717, 1.165) is 10.2 Å². The van der Waals surface area contributed by atoms with E-state index < -0.39 is 5.41 Å². The van der Waals surface area contributed by atoms with Crippen LogP contribution in [0.3, 0.4) is 0 Å². The summed E-state index contributed by atoms with van der Waals surface area (Å²) in [6.45, 7) is 0. The topological polar surface area (TPSA) is 4.93 Å². The summed E-state index contributed by atoms with van der Waals surface area (Å²) in [5.74, 6) is 0. The maximum Gasteiger partial charge on any atom is 0.0714 e. The molecule has 0 fully saturated rings. The Kier molecular flexibility index (Phi) is 6.94. The lowest BCUT2D eigenvalue weighted by Crippen LogP contribution is -2.28. The predicted octanol–water partition coefficient (Wildman–Crippen LogP) is 13.2. The Morgan fingerprint density at radius 3 is 1.76 bits per heavy atom. The Balaban J connectivity index is 1.20. The van der Waals surface area contributed by atoms with Gasteiger partial charge in [0, 0.05) is 20.9 Å². The largest absolute Gasteiger partial charge is 0.309 e. The van der Waals surface area contributed by atoms with Crippen molar-refractivity contribution in [3.63, 3.8) is 0 Å². The molecule has 0 N–H and O–H groups in total. The van der Waals surface area contributed by atoms with Crippen LogP contribution in [0, 0.1) is 0 Å². The molecular weight excluding hydrogens is 682 g/mol. The highest BCUT2D eigenvalue weighted by molar-refractivity contribution is 9.10. The van der Waals surface area contributed by atoms with Gasteiger partial charge in [0.15, 0.2) is 0 Å². The SMILES string of the molecule is Brc1ccccc1-c1cccc(-c2ccc3c(c2)c2ccccc2n3-c2ccc3c(c2)C(c2ccccc2)(c2ccccc2)c2ccccc2-3)c1. The van der Waals surface area contributed by atoms with E-state index in [9.17, 15) is 0 Å². The fourth-order valence-corrected chi connectivity index (χ4v) is 9.08. The molecule has 0 bridgehead atoms. The molecule has 1 aliphatic rings. The van der Waals surface area contributed by atoms with Crippen molar-refractivity contribution in [3.05, 3.63) is 221 Å². The van der Waals surface area contributed by atoms with Crippen molar-refractivity contribution in [1.82, 2.24) is 4.57 Å². The first-order chi connectivity index (χ1) is 25.2. The zero-order valence-electron chi connectivity index (χ0n) is 27.8. The first-order valence-electron chi connectivity index (χ1n) is 17.5. The molecule has 0 spiro atoms. The van der Waals surface area contributed by atoms with E-state index in [-0.39, 0.29) is 0 Å². The fourth-order valence-electron chi connectivity index (χ4n) is 8.56. The van der Waals surface area contributed by atoms with E-state index in [4.69, 9.17) is 0 Å². The van der Waals surface area contributed by atoms with Crippen LogP contribution < -0.4 is 0 Å². The van der Waals surface area contributed by atoms with Crippen LogP contribution in [0.2, 0.25) is 0 Å². The summed E-state index contributed by atoms with van der Waals surface area (Å²) in [5, 5.41) is 2.49. The number of para-hydroxylation sites is 1. The van der Waals surface area contributed by atoms with Crippen LogP contribution in [0.15, 0.2) is 199 Å². The first-order valence-corrected chi connectivity index (χ1v) is 18.3. The van der Waals surface area contributed by atoms with Gasteiger partial charge in [-0.05, 0) is 98.1 Å². The van der Waals surface area contributed by atoms with E-state index in [2.05, 4.69) is 215 Å². The molecule has 2 heteroatoms. The van der Waals surface area contributed by atoms with Crippen molar-refractivity contribution in [2.24, 2.45) is 0 Å². The van der Waals surface area contributed by atoms with Gasteiger partial charge in [-0.2, -0.15) is 0 Å². The van der Waals surface area contributed by atoms with Gasteiger partial charge in [0.2, 0.25) is 0 Å². The summed E-state index contributed by atoms with van der Waals surface area (Å²) in [6, 6.07) is 71.2. The van der Waals surface area contributed by atoms with Gasteiger partial charge in [-0.15, -0.1) is 0 Å². The van der Waals surface area contributed by atoms with Crippen molar-refractivity contribution in [3.8, 4) is 39.1 Å². The molecule has 8 aromatic carbocycles. The van der Waals surface area contributed by atoms with Crippen molar-refractivity contribution in [2.75, 3.05) is 0 Å². The Hall–Kier alpha value is -5.96. The lowest BCUT2D eigenvalue weighted by atomic mass is 9.67. The fraction of sp³-hybridized carbons (Fsp3) is 0.0204. The van der Waals surface area contributed by atoms with Gasteiger partial charge >= 0.3 is 0 Å². The highest BCUT2D eigenvalue weighted by Gasteiger charge is 2.46. The van der Waals surface area contributed by atoms with Gasteiger partial charge < -0.3 is 4.57 Å². The minimum atomic E-state index is -0.449. The number of rotatable bonds is 5. The maximum atomic E-state index is 3.76. The Morgan fingerprint density at radius 2 is 0.980 bits per heavy atom. The molecular formula is C49H32BrN. The van der Waals surface area contributed by atoms with Crippen LogP contribution in [0.4, 0.5) is 0 Å². The van der Waals surface area contributed by atoms with E-state index >= 15 is 0 Å². The van der Waals surface area contributed by atoms with E-state index in [1.807, 2.05) is 0 Å². The van der Waals surface area contributed by atoms with E-state index in [0.29, 0.717) is 0 Å². The summed E-state index contributed by atoms with van der Waals surface area (Å²) in [5.41, 5.74) is 15.7. The second kappa shape index (κ2) is 11.8. The van der Waals surface area contributed by atoms with Gasteiger partial charge in [-0.25, -0.2) is 0 Å². The van der Waals surface area contributed by atoms with Crippen molar-refractivity contribution in [2.45, 2.75) is 5.41 Å². The zero-order chi connectivity index (χ0) is 33.9. The van der Waals surface area contributed by atoms with Gasteiger partial charge in [-0.3, -0.25) is 0 Å². The third-order valence-electron chi connectivity index (χ3n) is 10.8. The van der Waals surface area contributed by atoms with Gasteiger partial charge in [0.05, 0.1) is 16.4 Å². The second-order valence-electron chi connectivity index (χ2n) is 13.4. The summed E-state index contributed by atoms with van der Waals surface area (Å²) in [7, 11) is 0. The molecule has 0 atom stereocenters. The molecule has 0 unspecified atom stereocenters. The molecule has 51 heavy (non-hydrogen) atoms. The summed E-state index contributed by atoms with van der Waals surface area (Å²) >= 11 is 3.76. The Labute approximate surface area is 306 Å². The molecule has 0 saturated carbocycles. The number of fused-ring (bicyclic) bond motifs is 6. The molecule has 0 amide bonds. The molecule has 240 valence electrons. The van der Waals surface area contributed by atoms with Crippen LogP contribution in [-0.2, 0) is 5.41 Å². The van der Waals surface area contributed by atoms with Crippen LogP contribution in [-0.4, -0.2) is 4.57 Å². The minimum Gasteiger partial charge on any atom is -0.309 e. The number of benzene rings is 8. The van der Waals surface area contributed by atoms with Crippen molar-refractivity contribution < 1.29 is 0 Å². The van der Waals surface area contributed by atoms with Crippen molar-refractivity contribution in [1.29, 1.82) is 0 Å². The van der Waals surface area contributed by atoms with Crippen LogP contribution in [0.25, 0.3) is 60.9 Å². The smallest absolute Gasteiger partial charge is 0.0714 e. The highest BCUT2D eigenvalue weighted by Crippen LogP contribution is 2.56. The summed E-state index contributed by atoms with van der Waals surface area (Å²) in [6.07, 6.45) is 0. The lowest BCUT2D eigenvalue weighted by molar-refractivity contribution is 0.767. The van der Waals surface area contributed by atoms with Crippen LogP contribution in [0.5, 0.6) is 0 Å². The lowest BCUT2D eigenvalue weighted by Gasteiger charge is -2.34. The number of halogens is 1. The highest BCUT2D eigenvalue weighted by atomic mass is 79.9. The maximum absolute atomic E-state index is 3.76. The molecule has 1 nitrogen and oxygen atoms in total. The number of aromatic nitrogens is 1. The molecule has 1 aromatic heterocycles. The Morgan fingerprint density at radius 1 is 0.373 bits per heavy atom. The quantitative estimate of drug-likeness (QED) is 0.167. The van der Waals surface area contributed by atoms with E-state index in [1.54, 1.807) is 0 Å². The Bertz CT molecular complexity index is 2720. The number of hydrogen-bond acceptors (Lipinski definition) is 0. The molecule has 9 aromatic rings. The molecule has 1 heterocycles. The summed E-state index contributed by atoms with van der Waals surface area (Å²) < 4.78 is 3.55. The third kappa shape index (κ3) is 4.53. The number of hydrogen-bond donors (Lipinski definition) is 0. The standard InChI is InChI=1S/C49H32BrN/c50-46-24-11-8-20-39(46)35-15-13-14-33(30-35)34-26-29-48-43(31-34)42-22-9-12-25-47(42)51(48)38-27-28-41-40-21-7-10-23-44(40)49(45(41)32-38,36-16-3-1-4-17-36)37-18-5-2-6-19-37/h1-32H. The van der Waals surface area contributed by atoms with Gasteiger partial charge in [0.1, 0.15) is 0 Å².